The summed E-state index contributed by atoms with van der Waals surface area (Å²) in [6.45, 7) is 6.99. The first-order valence-corrected chi connectivity index (χ1v) is 5.87. The number of hydrogen-bond acceptors (Lipinski definition) is 3. The quantitative estimate of drug-likeness (QED) is 0.885. The molecule has 1 unspecified atom stereocenters. The summed E-state index contributed by atoms with van der Waals surface area (Å²) >= 11 is 3.46. The molecule has 1 atom stereocenters. The summed E-state index contributed by atoms with van der Waals surface area (Å²) in [5.74, 6) is 1.29. The van der Waals surface area contributed by atoms with Crippen LogP contribution in [0.1, 0.15) is 20.8 Å². The van der Waals surface area contributed by atoms with Crippen LogP contribution in [-0.2, 0) is 0 Å². The van der Waals surface area contributed by atoms with Gasteiger partial charge in [0.05, 0.1) is 10.0 Å². The average molecular weight is 272 g/mol. The van der Waals surface area contributed by atoms with E-state index in [1.54, 1.807) is 6.20 Å². The third kappa shape index (κ3) is 2.92. The van der Waals surface area contributed by atoms with Crippen LogP contribution < -0.4 is 11.1 Å². The van der Waals surface area contributed by atoms with Crippen molar-refractivity contribution in [3.8, 4) is 0 Å². The molecule has 15 heavy (non-hydrogen) atoms. The van der Waals surface area contributed by atoms with Gasteiger partial charge in [0, 0.05) is 12.7 Å². The van der Waals surface area contributed by atoms with Crippen molar-refractivity contribution >= 4 is 21.7 Å². The van der Waals surface area contributed by atoms with Gasteiger partial charge in [0.25, 0.3) is 0 Å². The van der Waals surface area contributed by atoms with Crippen molar-refractivity contribution in [2.24, 2.45) is 11.7 Å². The van der Waals surface area contributed by atoms with Crippen LogP contribution >= 0.6 is 15.9 Å². The fourth-order valence-electron chi connectivity index (χ4n) is 1.18. The fraction of sp³-hybridized carbons (Fsp3) is 0.545. The number of hydrogen-bond donors (Lipinski definition) is 2. The lowest BCUT2D eigenvalue weighted by molar-refractivity contribution is 0.381. The maximum atomic E-state index is 5.80. The van der Waals surface area contributed by atoms with Crippen molar-refractivity contribution in [2.75, 3.05) is 11.9 Å². The second-order valence-electron chi connectivity index (χ2n) is 4.24. The van der Waals surface area contributed by atoms with Gasteiger partial charge < -0.3 is 11.1 Å². The highest BCUT2D eigenvalue weighted by atomic mass is 79.9. The van der Waals surface area contributed by atoms with Gasteiger partial charge in [-0.25, -0.2) is 4.98 Å². The van der Waals surface area contributed by atoms with Crippen LogP contribution in [0.15, 0.2) is 22.8 Å². The number of nitrogens with two attached hydrogens (primary N) is 1. The van der Waals surface area contributed by atoms with Crippen molar-refractivity contribution in [1.29, 1.82) is 0 Å². The maximum Gasteiger partial charge on any atom is 0.140 e. The third-order valence-corrected chi connectivity index (χ3v) is 3.50. The Morgan fingerprint density at radius 3 is 2.73 bits per heavy atom. The number of halogens is 1. The Balaban J connectivity index is 2.89. The highest BCUT2D eigenvalue weighted by molar-refractivity contribution is 9.10. The van der Waals surface area contributed by atoms with Crippen LogP contribution in [0.25, 0.3) is 0 Å². The molecule has 1 aromatic heterocycles. The molecule has 0 aliphatic rings. The molecule has 4 heteroatoms. The molecule has 0 radical (unpaired) electrons. The number of nitrogens with one attached hydrogen (secondary N) is 1. The Kier molecular flexibility index (Phi) is 4.11. The van der Waals surface area contributed by atoms with Gasteiger partial charge in [-0.05, 0) is 40.9 Å². The summed E-state index contributed by atoms with van der Waals surface area (Å²) in [6.07, 6.45) is 1.77. The third-order valence-electron chi connectivity index (χ3n) is 2.86. The van der Waals surface area contributed by atoms with Gasteiger partial charge in [-0.3, -0.25) is 0 Å². The summed E-state index contributed by atoms with van der Waals surface area (Å²) in [4.78, 5) is 4.28. The number of nitrogens with zero attached hydrogens (tertiary/aromatic N) is 1. The molecular weight excluding hydrogens is 254 g/mol. The topological polar surface area (TPSA) is 50.9 Å². The van der Waals surface area contributed by atoms with E-state index in [0.717, 1.165) is 10.3 Å². The van der Waals surface area contributed by atoms with E-state index in [2.05, 4.69) is 47.0 Å². The van der Waals surface area contributed by atoms with E-state index in [1.165, 1.54) is 0 Å². The van der Waals surface area contributed by atoms with Crippen molar-refractivity contribution in [1.82, 2.24) is 4.98 Å². The number of aromatic nitrogens is 1. The van der Waals surface area contributed by atoms with Gasteiger partial charge >= 0.3 is 0 Å². The number of anilines is 1. The van der Waals surface area contributed by atoms with Gasteiger partial charge in [0.15, 0.2) is 0 Å². The molecule has 0 fully saturated rings. The molecular formula is C11H18BrN3. The van der Waals surface area contributed by atoms with E-state index < -0.39 is 0 Å². The van der Waals surface area contributed by atoms with Crippen LogP contribution in [0.4, 0.5) is 5.82 Å². The minimum Gasteiger partial charge on any atom is -0.362 e. The predicted molar refractivity (Wildman–Crippen MR) is 67.9 cm³/mol. The van der Waals surface area contributed by atoms with Crippen molar-refractivity contribution in [2.45, 2.75) is 26.3 Å². The molecule has 1 heterocycles. The monoisotopic (exact) mass is 271 g/mol. The van der Waals surface area contributed by atoms with E-state index in [-0.39, 0.29) is 5.54 Å². The number of rotatable bonds is 4. The van der Waals surface area contributed by atoms with Gasteiger partial charge in [-0.1, -0.05) is 13.8 Å². The number of pyridine rings is 1. The average Bonchev–Trinajstić information content (AvgIpc) is 2.21. The molecule has 1 rings (SSSR count). The molecule has 0 spiro atoms. The Morgan fingerprint density at radius 1 is 1.60 bits per heavy atom. The summed E-state index contributed by atoms with van der Waals surface area (Å²) in [6, 6.07) is 3.86. The van der Waals surface area contributed by atoms with Crippen molar-refractivity contribution < 1.29 is 0 Å². The van der Waals surface area contributed by atoms with Crippen LogP contribution in [-0.4, -0.2) is 17.1 Å². The Bertz CT molecular complexity index is 327. The van der Waals surface area contributed by atoms with E-state index in [1.807, 2.05) is 12.1 Å². The molecule has 3 nitrogen and oxygen atoms in total. The normalized spacial score (nSPS) is 15.1. The standard InChI is InChI=1S/C11H18BrN3/c1-8(2)11(3,7-13)15-10-9(12)5-4-6-14-10/h4-6,8H,7,13H2,1-3H3,(H,14,15). The molecule has 84 valence electrons. The first kappa shape index (κ1) is 12.5. The van der Waals surface area contributed by atoms with Gasteiger partial charge in [0.2, 0.25) is 0 Å². The summed E-state index contributed by atoms with van der Waals surface area (Å²) in [7, 11) is 0. The van der Waals surface area contributed by atoms with Crippen LogP contribution in [0.5, 0.6) is 0 Å². The molecule has 0 saturated heterocycles. The lowest BCUT2D eigenvalue weighted by Gasteiger charge is -2.34. The zero-order valence-corrected chi connectivity index (χ0v) is 11.0. The molecule has 0 bridgehead atoms. The van der Waals surface area contributed by atoms with Gasteiger partial charge in [-0.2, -0.15) is 0 Å². The van der Waals surface area contributed by atoms with E-state index in [0.29, 0.717) is 12.5 Å². The summed E-state index contributed by atoms with van der Waals surface area (Å²) < 4.78 is 0.963. The van der Waals surface area contributed by atoms with Crippen molar-refractivity contribution in [3.63, 3.8) is 0 Å². The SMILES string of the molecule is CC(C)C(C)(CN)Nc1ncccc1Br. The zero-order valence-electron chi connectivity index (χ0n) is 9.42. The molecule has 0 amide bonds. The Hall–Kier alpha value is -0.610. The van der Waals surface area contributed by atoms with Crippen LogP contribution in [0.2, 0.25) is 0 Å². The van der Waals surface area contributed by atoms with Gasteiger partial charge in [-0.15, -0.1) is 0 Å². The Morgan fingerprint density at radius 2 is 2.27 bits per heavy atom. The minimum atomic E-state index is -0.128. The summed E-state index contributed by atoms with van der Waals surface area (Å²) in [5, 5.41) is 3.39. The smallest absolute Gasteiger partial charge is 0.140 e. The lowest BCUT2D eigenvalue weighted by Crippen LogP contribution is -2.47. The molecule has 3 N–H and O–H groups in total. The largest absolute Gasteiger partial charge is 0.362 e. The van der Waals surface area contributed by atoms with E-state index in [4.69, 9.17) is 5.73 Å². The van der Waals surface area contributed by atoms with Crippen LogP contribution in [0, 0.1) is 5.92 Å². The van der Waals surface area contributed by atoms with Gasteiger partial charge in [0.1, 0.15) is 5.82 Å². The highest BCUT2D eigenvalue weighted by Gasteiger charge is 2.27. The van der Waals surface area contributed by atoms with E-state index in [9.17, 15) is 0 Å². The second-order valence-corrected chi connectivity index (χ2v) is 5.09. The predicted octanol–water partition coefficient (Wildman–Crippen LogP) is 2.63. The zero-order chi connectivity index (χ0) is 11.5. The second kappa shape index (κ2) is 4.94. The maximum absolute atomic E-state index is 5.80. The molecule has 0 saturated carbocycles. The summed E-state index contributed by atoms with van der Waals surface area (Å²) in [5.41, 5.74) is 5.67. The van der Waals surface area contributed by atoms with Crippen LogP contribution in [0.3, 0.4) is 0 Å². The lowest BCUT2D eigenvalue weighted by atomic mass is 9.88. The molecule has 0 aromatic carbocycles. The fourth-order valence-corrected chi connectivity index (χ4v) is 1.53. The minimum absolute atomic E-state index is 0.128. The highest BCUT2D eigenvalue weighted by Crippen LogP contribution is 2.25. The molecule has 0 aliphatic heterocycles. The Labute approximate surface area is 99.6 Å². The molecule has 1 aromatic rings. The molecule has 0 aliphatic carbocycles. The first-order valence-electron chi connectivity index (χ1n) is 5.08. The first-order chi connectivity index (χ1) is 6.99. The van der Waals surface area contributed by atoms with Crippen molar-refractivity contribution in [3.05, 3.63) is 22.8 Å². The van der Waals surface area contributed by atoms with E-state index >= 15 is 0 Å².